The van der Waals surface area contributed by atoms with Gasteiger partial charge in [-0.1, -0.05) is 36.9 Å². The average molecular weight is 384 g/mol. The van der Waals surface area contributed by atoms with Gasteiger partial charge in [0.25, 0.3) is 0 Å². The third-order valence-electron chi connectivity index (χ3n) is 4.76. The van der Waals surface area contributed by atoms with Gasteiger partial charge in [-0.25, -0.2) is 9.97 Å². The highest BCUT2D eigenvalue weighted by Gasteiger charge is 2.25. The van der Waals surface area contributed by atoms with Crippen molar-refractivity contribution >= 4 is 44.9 Å². The summed E-state index contributed by atoms with van der Waals surface area (Å²) in [4.78, 5) is 24.0. The molecule has 1 N–H and O–H groups in total. The molecule has 1 aliphatic carbocycles. The number of aryl methyl sites for hydroxylation is 1. The topological polar surface area (TPSA) is 54.9 Å². The Labute approximate surface area is 161 Å². The largest absolute Gasteiger partial charge is 0.325 e. The number of nitrogens with one attached hydrogen (secondary N) is 1. The summed E-state index contributed by atoms with van der Waals surface area (Å²) in [5.41, 5.74) is 2.22. The summed E-state index contributed by atoms with van der Waals surface area (Å²) in [5.74, 6) is 0.723. The quantitative estimate of drug-likeness (QED) is 0.512. The summed E-state index contributed by atoms with van der Waals surface area (Å²) >= 11 is 3.31. The summed E-state index contributed by atoms with van der Waals surface area (Å²) in [5, 5.41) is 4.84. The monoisotopic (exact) mass is 383 g/mol. The molecule has 6 heteroatoms. The van der Waals surface area contributed by atoms with Crippen molar-refractivity contribution in [1.29, 1.82) is 0 Å². The van der Waals surface area contributed by atoms with Gasteiger partial charge in [0.05, 0.1) is 5.25 Å². The zero-order valence-electron chi connectivity index (χ0n) is 14.9. The first-order chi connectivity index (χ1) is 12.6. The molecule has 134 valence electrons. The second kappa shape index (κ2) is 7.37. The lowest BCUT2D eigenvalue weighted by atomic mass is 9.89. The molecule has 0 spiro atoms. The van der Waals surface area contributed by atoms with Crippen molar-refractivity contribution in [2.24, 2.45) is 5.92 Å². The van der Waals surface area contributed by atoms with Crippen LogP contribution in [0.15, 0.2) is 41.7 Å². The second-order valence-electron chi connectivity index (χ2n) is 6.83. The first-order valence-electron chi connectivity index (χ1n) is 8.89. The van der Waals surface area contributed by atoms with Crippen LogP contribution >= 0.6 is 23.1 Å². The van der Waals surface area contributed by atoms with Crippen molar-refractivity contribution in [2.45, 2.75) is 43.4 Å². The fourth-order valence-electron chi connectivity index (χ4n) is 3.32. The lowest BCUT2D eigenvalue weighted by Crippen LogP contribution is -2.22. The van der Waals surface area contributed by atoms with Gasteiger partial charge in [-0.2, -0.15) is 0 Å². The minimum atomic E-state index is -0.230. The predicted molar refractivity (Wildman–Crippen MR) is 109 cm³/mol. The SMILES string of the molecule is CC1CCc2c(sc3ncnc(SC(C)C(=O)Nc4ccccc4)c23)C1. The minimum Gasteiger partial charge on any atom is -0.325 e. The molecule has 2 atom stereocenters. The molecule has 0 saturated carbocycles. The number of carbonyl (C=O) groups is 1. The molecule has 3 aromatic rings. The zero-order chi connectivity index (χ0) is 18.1. The second-order valence-corrected chi connectivity index (χ2v) is 9.24. The van der Waals surface area contributed by atoms with Crippen molar-refractivity contribution in [1.82, 2.24) is 9.97 Å². The lowest BCUT2D eigenvalue weighted by molar-refractivity contribution is -0.115. The number of hydrogen-bond acceptors (Lipinski definition) is 5. The number of thioether (sulfide) groups is 1. The lowest BCUT2D eigenvalue weighted by Gasteiger charge is -2.18. The van der Waals surface area contributed by atoms with Crippen molar-refractivity contribution in [3.8, 4) is 0 Å². The molecule has 2 aromatic heterocycles. The maximum Gasteiger partial charge on any atom is 0.237 e. The van der Waals surface area contributed by atoms with Crippen LogP contribution in [-0.4, -0.2) is 21.1 Å². The molecule has 2 unspecified atom stereocenters. The molecule has 0 saturated heterocycles. The number of anilines is 1. The molecule has 0 radical (unpaired) electrons. The van der Waals surface area contributed by atoms with Crippen LogP contribution in [-0.2, 0) is 17.6 Å². The number of rotatable bonds is 4. The third kappa shape index (κ3) is 3.48. The van der Waals surface area contributed by atoms with Crippen molar-refractivity contribution in [2.75, 3.05) is 5.32 Å². The van der Waals surface area contributed by atoms with Gasteiger partial charge in [-0.15, -0.1) is 11.3 Å². The van der Waals surface area contributed by atoms with Gasteiger partial charge in [0, 0.05) is 16.0 Å². The fourth-order valence-corrected chi connectivity index (χ4v) is 5.68. The van der Waals surface area contributed by atoms with Gasteiger partial charge in [-0.3, -0.25) is 4.79 Å². The molecule has 1 aliphatic rings. The van der Waals surface area contributed by atoms with Gasteiger partial charge in [0.15, 0.2) is 0 Å². The average Bonchev–Trinajstić information content (AvgIpc) is 3.00. The summed E-state index contributed by atoms with van der Waals surface area (Å²) in [6.45, 7) is 4.24. The number of benzene rings is 1. The van der Waals surface area contributed by atoms with E-state index in [9.17, 15) is 4.79 Å². The Hall–Kier alpha value is -1.92. The maximum atomic E-state index is 12.6. The van der Waals surface area contributed by atoms with Crippen molar-refractivity contribution < 1.29 is 4.79 Å². The van der Waals surface area contributed by atoms with Crippen LogP contribution in [0.2, 0.25) is 0 Å². The van der Waals surface area contributed by atoms with Crippen LogP contribution in [0.3, 0.4) is 0 Å². The number of hydrogen-bond donors (Lipinski definition) is 1. The molecule has 0 aliphatic heterocycles. The minimum absolute atomic E-state index is 0.00863. The van der Waals surface area contributed by atoms with E-state index in [0.29, 0.717) is 0 Å². The number of aromatic nitrogens is 2. The highest BCUT2D eigenvalue weighted by Crippen LogP contribution is 2.41. The molecule has 4 rings (SSSR count). The zero-order valence-corrected chi connectivity index (χ0v) is 16.5. The summed E-state index contributed by atoms with van der Waals surface area (Å²) in [7, 11) is 0. The van der Waals surface area contributed by atoms with Crippen molar-refractivity contribution in [3.63, 3.8) is 0 Å². The van der Waals surface area contributed by atoms with E-state index < -0.39 is 0 Å². The van der Waals surface area contributed by atoms with Crippen LogP contribution in [0.1, 0.15) is 30.7 Å². The molecule has 26 heavy (non-hydrogen) atoms. The smallest absolute Gasteiger partial charge is 0.237 e. The maximum absolute atomic E-state index is 12.6. The van der Waals surface area contributed by atoms with E-state index in [4.69, 9.17) is 0 Å². The normalized spacial score (nSPS) is 17.7. The van der Waals surface area contributed by atoms with Gasteiger partial charge >= 0.3 is 0 Å². The van der Waals surface area contributed by atoms with Crippen LogP contribution in [0.4, 0.5) is 5.69 Å². The molecule has 1 aromatic carbocycles. The Morgan fingerprint density at radius 3 is 2.92 bits per heavy atom. The summed E-state index contributed by atoms with van der Waals surface area (Å²) in [6, 6.07) is 9.56. The Bertz CT molecular complexity index is 939. The first kappa shape index (κ1) is 17.5. The number of thiophene rings is 1. The Morgan fingerprint density at radius 1 is 1.31 bits per heavy atom. The first-order valence-corrected chi connectivity index (χ1v) is 10.6. The molecule has 1 amide bonds. The van der Waals surface area contributed by atoms with E-state index in [1.165, 1.54) is 34.0 Å². The van der Waals surface area contributed by atoms with E-state index in [0.717, 1.165) is 34.3 Å². The van der Waals surface area contributed by atoms with Crippen molar-refractivity contribution in [3.05, 3.63) is 47.1 Å². The summed E-state index contributed by atoms with van der Waals surface area (Å²) in [6.07, 6.45) is 5.05. The van der Waals surface area contributed by atoms with Crippen LogP contribution in [0, 0.1) is 5.92 Å². The molecule has 0 bridgehead atoms. The molecular weight excluding hydrogens is 362 g/mol. The number of para-hydroxylation sites is 1. The number of amides is 1. The predicted octanol–water partition coefficient (Wildman–Crippen LogP) is 4.94. The number of fused-ring (bicyclic) bond motifs is 3. The molecule has 2 heterocycles. The van der Waals surface area contributed by atoms with E-state index in [1.54, 1.807) is 17.7 Å². The van der Waals surface area contributed by atoms with Crippen LogP contribution in [0.25, 0.3) is 10.2 Å². The third-order valence-corrected chi connectivity index (χ3v) is 7.02. The Kier molecular flexibility index (Phi) is 4.96. The van der Waals surface area contributed by atoms with E-state index >= 15 is 0 Å². The highest BCUT2D eigenvalue weighted by atomic mass is 32.2. The van der Waals surface area contributed by atoms with Gasteiger partial charge < -0.3 is 5.32 Å². The van der Waals surface area contributed by atoms with E-state index in [1.807, 2.05) is 37.3 Å². The highest BCUT2D eigenvalue weighted by molar-refractivity contribution is 8.00. The van der Waals surface area contributed by atoms with Gasteiger partial charge in [0.2, 0.25) is 5.91 Å². The fraction of sp³-hybridized carbons (Fsp3) is 0.350. The van der Waals surface area contributed by atoms with E-state index in [-0.39, 0.29) is 11.2 Å². The van der Waals surface area contributed by atoms with Gasteiger partial charge in [0.1, 0.15) is 16.2 Å². The molecular formula is C20H21N3OS2. The number of nitrogens with zero attached hydrogens (tertiary/aromatic N) is 2. The summed E-state index contributed by atoms with van der Waals surface area (Å²) < 4.78 is 0. The molecule has 4 nitrogen and oxygen atoms in total. The van der Waals surface area contributed by atoms with Crippen LogP contribution in [0.5, 0.6) is 0 Å². The van der Waals surface area contributed by atoms with E-state index in [2.05, 4.69) is 22.2 Å². The van der Waals surface area contributed by atoms with Gasteiger partial charge in [-0.05, 0) is 49.8 Å². The standard InChI is InChI=1S/C20H21N3OS2/c1-12-8-9-15-16(10-12)26-20-17(15)19(21-11-22-20)25-13(2)18(24)23-14-6-4-3-5-7-14/h3-7,11-13H,8-10H2,1-2H3,(H,23,24). The number of carbonyl (C=O) groups excluding carboxylic acids is 1. The Morgan fingerprint density at radius 2 is 2.12 bits per heavy atom. The van der Waals surface area contributed by atoms with Crippen LogP contribution < -0.4 is 5.32 Å². The molecule has 0 fully saturated rings. The Balaban J connectivity index is 1.58.